The van der Waals surface area contributed by atoms with E-state index in [-0.39, 0.29) is 22.8 Å². The first kappa shape index (κ1) is 22.3. The van der Waals surface area contributed by atoms with Crippen LogP contribution in [0.2, 0.25) is 0 Å². The molecule has 5 rings (SSSR count). The fourth-order valence-electron chi connectivity index (χ4n) is 4.34. The highest BCUT2D eigenvalue weighted by Gasteiger charge is 2.31. The molecule has 0 aliphatic carbocycles. The van der Waals surface area contributed by atoms with Crippen molar-refractivity contribution in [1.82, 2.24) is 24.6 Å². The first-order valence-electron chi connectivity index (χ1n) is 11.5. The van der Waals surface area contributed by atoms with Crippen LogP contribution < -0.4 is 10.9 Å². The minimum absolute atomic E-state index is 0.107. The molecule has 176 valence electrons. The van der Waals surface area contributed by atoms with Crippen molar-refractivity contribution in [3.63, 3.8) is 0 Å². The summed E-state index contributed by atoms with van der Waals surface area (Å²) in [7, 11) is 0. The fourth-order valence-corrected chi connectivity index (χ4v) is 4.34. The molecule has 1 amide bonds. The average Bonchev–Trinajstić information content (AvgIpc) is 3.17. The number of hydrogen-bond donors (Lipinski definition) is 2. The van der Waals surface area contributed by atoms with Crippen molar-refractivity contribution in [2.75, 3.05) is 13.1 Å². The molecule has 2 N–H and O–H groups in total. The minimum atomic E-state index is -0.375. The van der Waals surface area contributed by atoms with E-state index in [0.717, 1.165) is 41.8 Å². The Bertz CT molecular complexity index is 1410. The molecule has 8 heteroatoms. The second kappa shape index (κ2) is 8.70. The van der Waals surface area contributed by atoms with Gasteiger partial charge in [-0.25, -0.2) is 4.98 Å². The predicted molar refractivity (Wildman–Crippen MR) is 131 cm³/mol. The zero-order chi connectivity index (χ0) is 23.9. The van der Waals surface area contributed by atoms with Gasteiger partial charge in [-0.3, -0.25) is 18.9 Å². The van der Waals surface area contributed by atoms with Gasteiger partial charge < -0.3 is 15.0 Å². The molecule has 8 nitrogen and oxygen atoms in total. The molecule has 34 heavy (non-hydrogen) atoms. The van der Waals surface area contributed by atoms with Crippen molar-refractivity contribution in [3.05, 3.63) is 82.0 Å². The standard InChI is InChI=1S/C26H29N5O3/c1-26(2,3)34-20-15-30(16-20)14-19-11-18-8-7-17(10-21(18)28-19)13-27-25(33)22-12-24(32)31-9-5-4-6-23(31)29-22/h4-12,20,28H,13-16H2,1-3H3,(H,27,33). The van der Waals surface area contributed by atoms with Gasteiger partial charge in [-0.05, 0) is 56.0 Å². The van der Waals surface area contributed by atoms with Gasteiger partial charge in [-0.1, -0.05) is 18.2 Å². The number of benzene rings is 1. The molecule has 1 fully saturated rings. The molecular formula is C26H29N5O3. The number of carbonyl (C=O) groups is 1. The zero-order valence-corrected chi connectivity index (χ0v) is 19.7. The number of aromatic amines is 1. The van der Waals surface area contributed by atoms with Gasteiger partial charge in [0, 0.05) is 49.7 Å². The van der Waals surface area contributed by atoms with Crippen LogP contribution in [0.15, 0.2) is 59.5 Å². The van der Waals surface area contributed by atoms with Gasteiger partial charge >= 0.3 is 0 Å². The van der Waals surface area contributed by atoms with Gasteiger partial charge in [0.1, 0.15) is 11.3 Å². The number of rotatable bonds is 6. The smallest absolute Gasteiger partial charge is 0.270 e. The maximum Gasteiger partial charge on any atom is 0.270 e. The average molecular weight is 460 g/mol. The van der Waals surface area contributed by atoms with Gasteiger partial charge in [0.15, 0.2) is 0 Å². The molecular weight excluding hydrogens is 430 g/mol. The molecule has 1 aliphatic heterocycles. The number of pyridine rings is 1. The van der Waals surface area contributed by atoms with Crippen LogP contribution in [0.1, 0.15) is 42.5 Å². The Morgan fingerprint density at radius 1 is 1.18 bits per heavy atom. The van der Waals surface area contributed by atoms with Gasteiger partial charge in [-0.15, -0.1) is 0 Å². The number of H-pyrrole nitrogens is 1. The first-order valence-corrected chi connectivity index (χ1v) is 11.5. The second-order valence-corrected chi connectivity index (χ2v) is 9.85. The summed E-state index contributed by atoms with van der Waals surface area (Å²) in [6, 6.07) is 14.8. The normalized spacial score (nSPS) is 15.0. The monoisotopic (exact) mass is 459 g/mol. The van der Waals surface area contributed by atoms with E-state index in [0.29, 0.717) is 18.3 Å². The van der Waals surface area contributed by atoms with Crippen molar-refractivity contribution in [3.8, 4) is 0 Å². The van der Waals surface area contributed by atoms with Gasteiger partial charge in [0.05, 0.1) is 11.7 Å². The topological polar surface area (TPSA) is 91.7 Å². The summed E-state index contributed by atoms with van der Waals surface area (Å²) < 4.78 is 7.42. The number of hydrogen-bond acceptors (Lipinski definition) is 5. The molecule has 4 heterocycles. The molecule has 0 unspecified atom stereocenters. The zero-order valence-electron chi connectivity index (χ0n) is 19.7. The third kappa shape index (κ3) is 4.88. The third-order valence-electron chi connectivity index (χ3n) is 5.84. The highest BCUT2D eigenvalue weighted by molar-refractivity contribution is 5.92. The van der Waals surface area contributed by atoms with E-state index in [4.69, 9.17) is 4.74 Å². The minimum Gasteiger partial charge on any atom is -0.370 e. The number of nitrogens with one attached hydrogen (secondary N) is 2. The van der Waals surface area contributed by atoms with Crippen molar-refractivity contribution in [2.24, 2.45) is 0 Å². The Kier molecular flexibility index (Phi) is 5.71. The van der Waals surface area contributed by atoms with Gasteiger partial charge in [-0.2, -0.15) is 0 Å². The summed E-state index contributed by atoms with van der Waals surface area (Å²) in [6.07, 6.45) is 1.93. The van der Waals surface area contributed by atoms with Crippen LogP contribution in [0.25, 0.3) is 16.6 Å². The van der Waals surface area contributed by atoms with E-state index >= 15 is 0 Å². The summed E-state index contributed by atoms with van der Waals surface area (Å²) in [6.45, 7) is 9.35. The third-order valence-corrected chi connectivity index (χ3v) is 5.84. The van der Waals surface area contributed by atoms with E-state index in [1.54, 1.807) is 24.4 Å². The lowest BCUT2D eigenvalue weighted by molar-refractivity contribution is -0.126. The lowest BCUT2D eigenvalue weighted by Gasteiger charge is -2.41. The highest BCUT2D eigenvalue weighted by atomic mass is 16.5. The van der Waals surface area contributed by atoms with E-state index in [1.165, 1.54) is 10.5 Å². The van der Waals surface area contributed by atoms with Crippen LogP contribution in [0.4, 0.5) is 0 Å². The molecule has 0 bridgehead atoms. The van der Waals surface area contributed by atoms with Crippen LogP contribution in [-0.2, 0) is 17.8 Å². The summed E-state index contributed by atoms with van der Waals surface area (Å²) in [5.41, 5.74) is 3.33. The summed E-state index contributed by atoms with van der Waals surface area (Å²) in [4.78, 5) is 35.0. The summed E-state index contributed by atoms with van der Waals surface area (Å²) in [5, 5.41) is 4.00. The Morgan fingerprint density at radius 2 is 2.00 bits per heavy atom. The van der Waals surface area contributed by atoms with Crippen LogP contribution in [0.5, 0.6) is 0 Å². The fraction of sp³-hybridized carbons (Fsp3) is 0.346. The number of nitrogens with zero attached hydrogens (tertiary/aromatic N) is 3. The number of carbonyl (C=O) groups excluding carboxylic acids is 1. The van der Waals surface area contributed by atoms with E-state index in [1.807, 2.05) is 12.1 Å². The first-order chi connectivity index (χ1) is 16.2. The molecule has 0 radical (unpaired) electrons. The molecule has 0 spiro atoms. The molecule has 1 saturated heterocycles. The summed E-state index contributed by atoms with van der Waals surface area (Å²) in [5.74, 6) is -0.375. The maximum atomic E-state index is 12.6. The van der Waals surface area contributed by atoms with Gasteiger partial charge in [0.25, 0.3) is 11.5 Å². The Balaban J connectivity index is 1.21. The molecule has 1 aliphatic rings. The van der Waals surface area contributed by atoms with Crippen LogP contribution >= 0.6 is 0 Å². The lowest BCUT2D eigenvalue weighted by Crippen LogP contribution is -2.53. The Morgan fingerprint density at radius 3 is 2.79 bits per heavy atom. The quantitative estimate of drug-likeness (QED) is 0.462. The van der Waals surface area contributed by atoms with E-state index < -0.39 is 0 Å². The molecule has 4 aromatic rings. The molecule has 3 aromatic heterocycles. The number of ether oxygens (including phenoxy) is 1. The SMILES string of the molecule is CC(C)(C)OC1CN(Cc2cc3ccc(CNC(=O)c4cc(=O)n5ccccc5n4)cc3[nH]2)C1. The van der Waals surface area contributed by atoms with Crippen LogP contribution in [0, 0.1) is 0 Å². The van der Waals surface area contributed by atoms with Gasteiger partial charge in [0.2, 0.25) is 0 Å². The van der Waals surface area contributed by atoms with Crippen molar-refractivity contribution < 1.29 is 9.53 Å². The molecule has 0 atom stereocenters. The number of likely N-dealkylation sites (tertiary alicyclic amines) is 1. The summed E-state index contributed by atoms with van der Waals surface area (Å²) >= 11 is 0. The number of fused-ring (bicyclic) bond motifs is 2. The molecule has 0 saturated carbocycles. The van der Waals surface area contributed by atoms with Crippen molar-refractivity contribution in [2.45, 2.75) is 45.6 Å². The van der Waals surface area contributed by atoms with Crippen molar-refractivity contribution >= 4 is 22.5 Å². The second-order valence-electron chi connectivity index (χ2n) is 9.85. The Labute approximate surface area is 197 Å². The Hall–Kier alpha value is -3.49. The molecule has 1 aromatic carbocycles. The number of aromatic nitrogens is 3. The lowest BCUT2D eigenvalue weighted by atomic mass is 10.1. The van der Waals surface area contributed by atoms with Crippen LogP contribution in [-0.4, -0.2) is 50.0 Å². The van der Waals surface area contributed by atoms with Crippen LogP contribution in [0.3, 0.4) is 0 Å². The largest absolute Gasteiger partial charge is 0.370 e. The predicted octanol–water partition coefficient (Wildman–Crippen LogP) is 3.11. The van der Waals surface area contributed by atoms with E-state index in [9.17, 15) is 9.59 Å². The van der Waals surface area contributed by atoms with E-state index in [2.05, 4.69) is 53.1 Å². The maximum absolute atomic E-state index is 12.6. The van der Waals surface area contributed by atoms with Crippen molar-refractivity contribution in [1.29, 1.82) is 0 Å². The highest BCUT2D eigenvalue weighted by Crippen LogP contribution is 2.23. The number of amides is 1.